The van der Waals surface area contributed by atoms with Crippen molar-refractivity contribution < 1.29 is 4.79 Å². The van der Waals surface area contributed by atoms with Crippen LogP contribution in [-0.2, 0) is 4.79 Å². The molecule has 1 spiro atoms. The third-order valence-corrected chi connectivity index (χ3v) is 3.71. The molecule has 2 aliphatic rings. The van der Waals surface area contributed by atoms with Crippen molar-refractivity contribution in [1.29, 1.82) is 0 Å². The van der Waals surface area contributed by atoms with E-state index in [2.05, 4.69) is 24.1 Å². The lowest BCUT2D eigenvalue weighted by Gasteiger charge is -2.23. The van der Waals surface area contributed by atoms with Gasteiger partial charge in [0.25, 0.3) is 0 Å². The average Bonchev–Trinajstić information content (AvgIpc) is 2.76. The minimum absolute atomic E-state index is 0.355. The number of amides is 1. The number of hydrogen-bond acceptors (Lipinski definition) is 2. The molecule has 3 nitrogen and oxygen atoms in total. The molecule has 1 amide bonds. The Morgan fingerprint density at radius 2 is 2.27 bits per heavy atom. The van der Waals surface area contributed by atoms with Gasteiger partial charge in [-0.3, -0.25) is 4.79 Å². The van der Waals surface area contributed by atoms with Gasteiger partial charge >= 0.3 is 0 Å². The van der Waals surface area contributed by atoms with Crippen LogP contribution in [0.4, 0.5) is 0 Å². The number of carbonyl (C=O) groups excluding carboxylic acids is 1. The number of nitrogens with zero attached hydrogens (tertiary/aromatic N) is 1. The number of hydrogen-bond donors (Lipinski definition) is 1. The summed E-state index contributed by atoms with van der Waals surface area (Å²) in [5, 5.41) is 3.42. The molecule has 3 heteroatoms. The Labute approximate surface area is 92.2 Å². The third kappa shape index (κ3) is 2.33. The highest BCUT2D eigenvalue weighted by molar-refractivity contribution is 5.76. The van der Waals surface area contributed by atoms with E-state index in [0.29, 0.717) is 23.7 Å². The standard InChI is InChI=1S/C12H22N2O/c1-10(2)7-11(15)14-6-4-12(9-14)3-5-13-8-12/h10,13H,3-9H2,1-2H3. The van der Waals surface area contributed by atoms with Gasteiger partial charge in [0.15, 0.2) is 0 Å². The highest BCUT2D eigenvalue weighted by Crippen LogP contribution is 2.36. The molecule has 1 atom stereocenters. The van der Waals surface area contributed by atoms with E-state index < -0.39 is 0 Å². The Morgan fingerprint density at radius 1 is 1.47 bits per heavy atom. The third-order valence-electron chi connectivity index (χ3n) is 3.71. The van der Waals surface area contributed by atoms with Crippen LogP contribution < -0.4 is 5.32 Å². The quantitative estimate of drug-likeness (QED) is 0.744. The lowest BCUT2D eigenvalue weighted by atomic mass is 9.86. The van der Waals surface area contributed by atoms with Gasteiger partial charge in [-0.05, 0) is 25.3 Å². The summed E-state index contributed by atoms with van der Waals surface area (Å²) >= 11 is 0. The van der Waals surface area contributed by atoms with Crippen LogP contribution in [0.3, 0.4) is 0 Å². The van der Waals surface area contributed by atoms with Crippen LogP contribution in [-0.4, -0.2) is 37.0 Å². The van der Waals surface area contributed by atoms with E-state index >= 15 is 0 Å². The van der Waals surface area contributed by atoms with E-state index in [0.717, 1.165) is 26.2 Å². The molecule has 0 saturated carbocycles. The van der Waals surface area contributed by atoms with Crippen molar-refractivity contribution in [3.63, 3.8) is 0 Å². The first kappa shape index (κ1) is 10.9. The van der Waals surface area contributed by atoms with Gasteiger partial charge in [-0.2, -0.15) is 0 Å². The Bertz CT molecular complexity index is 244. The molecule has 1 unspecified atom stereocenters. The van der Waals surface area contributed by atoms with Crippen LogP contribution in [0.1, 0.15) is 33.1 Å². The second kappa shape index (κ2) is 4.12. The summed E-state index contributed by atoms with van der Waals surface area (Å²) in [6, 6.07) is 0. The molecule has 2 saturated heterocycles. The van der Waals surface area contributed by atoms with Crippen molar-refractivity contribution in [3.05, 3.63) is 0 Å². The zero-order valence-electron chi connectivity index (χ0n) is 9.88. The first-order valence-corrected chi connectivity index (χ1v) is 6.10. The van der Waals surface area contributed by atoms with Gasteiger partial charge in [-0.1, -0.05) is 13.8 Å². The van der Waals surface area contributed by atoms with Crippen molar-refractivity contribution in [2.24, 2.45) is 11.3 Å². The summed E-state index contributed by atoms with van der Waals surface area (Å²) < 4.78 is 0. The fraction of sp³-hybridized carbons (Fsp3) is 0.917. The second-order valence-corrected chi connectivity index (χ2v) is 5.59. The smallest absolute Gasteiger partial charge is 0.222 e. The fourth-order valence-corrected chi connectivity index (χ4v) is 2.77. The SMILES string of the molecule is CC(C)CC(=O)N1CCC2(CCNC2)C1. The monoisotopic (exact) mass is 210 g/mol. The van der Waals surface area contributed by atoms with Crippen molar-refractivity contribution in [2.75, 3.05) is 26.2 Å². The second-order valence-electron chi connectivity index (χ2n) is 5.59. The Kier molecular flexibility index (Phi) is 3.01. The molecule has 2 fully saturated rings. The molecule has 0 aromatic heterocycles. The highest BCUT2D eigenvalue weighted by atomic mass is 16.2. The highest BCUT2D eigenvalue weighted by Gasteiger charge is 2.41. The van der Waals surface area contributed by atoms with Gasteiger partial charge in [-0.15, -0.1) is 0 Å². The van der Waals surface area contributed by atoms with E-state index in [1.807, 2.05) is 0 Å². The van der Waals surface area contributed by atoms with Crippen LogP contribution in [0.2, 0.25) is 0 Å². The predicted octanol–water partition coefficient (Wildman–Crippen LogP) is 1.24. The topological polar surface area (TPSA) is 32.3 Å². The summed E-state index contributed by atoms with van der Waals surface area (Å²) in [4.78, 5) is 14.0. The number of likely N-dealkylation sites (tertiary alicyclic amines) is 1. The molecule has 2 aliphatic heterocycles. The summed E-state index contributed by atoms with van der Waals surface area (Å²) in [6.07, 6.45) is 3.16. The molecular weight excluding hydrogens is 188 g/mol. The number of nitrogens with one attached hydrogen (secondary N) is 1. The van der Waals surface area contributed by atoms with Crippen molar-refractivity contribution in [2.45, 2.75) is 33.1 Å². The van der Waals surface area contributed by atoms with Crippen LogP contribution in [0.15, 0.2) is 0 Å². The van der Waals surface area contributed by atoms with Crippen molar-refractivity contribution in [1.82, 2.24) is 10.2 Å². The molecule has 0 aromatic rings. The molecule has 15 heavy (non-hydrogen) atoms. The van der Waals surface area contributed by atoms with E-state index in [4.69, 9.17) is 0 Å². The average molecular weight is 210 g/mol. The molecular formula is C12H22N2O. The molecule has 0 aromatic carbocycles. The van der Waals surface area contributed by atoms with E-state index in [9.17, 15) is 4.79 Å². The minimum atomic E-state index is 0.355. The summed E-state index contributed by atoms with van der Waals surface area (Å²) in [5.41, 5.74) is 0.423. The summed E-state index contributed by atoms with van der Waals surface area (Å²) in [5.74, 6) is 0.838. The largest absolute Gasteiger partial charge is 0.342 e. The summed E-state index contributed by atoms with van der Waals surface area (Å²) in [6.45, 7) is 8.44. The normalized spacial score (nSPS) is 30.7. The van der Waals surface area contributed by atoms with Crippen LogP contribution in [0.25, 0.3) is 0 Å². The molecule has 0 aliphatic carbocycles. The van der Waals surface area contributed by atoms with Crippen LogP contribution >= 0.6 is 0 Å². The van der Waals surface area contributed by atoms with Crippen molar-refractivity contribution in [3.8, 4) is 0 Å². The van der Waals surface area contributed by atoms with Crippen molar-refractivity contribution >= 4 is 5.91 Å². The Balaban J connectivity index is 1.89. The maximum absolute atomic E-state index is 11.9. The molecule has 2 heterocycles. The molecule has 2 rings (SSSR count). The van der Waals surface area contributed by atoms with Gasteiger partial charge in [0.1, 0.15) is 0 Å². The fourth-order valence-electron chi connectivity index (χ4n) is 2.77. The number of carbonyl (C=O) groups is 1. The minimum Gasteiger partial charge on any atom is -0.342 e. The predicted molar refractivity (Wildman–Crippen MR) is 60.6 cm³/mol. The number of rotatable bonds is 2. The van der Waals surface area contributed by atoms with Gasteiger partial charge in [0.05, 0.1) is 0 Å². The van der Waals surface area contributed by atoms with Gasteiger partial charge in [0.2, 0.25) is 5.91 Å². The zero-order valence-corrected chi connectivity index (χ0v) is 9.88. The van der Waals surface area contributed by atoms with E-state index in [-0.39, 0.29) is 0 Å². The van der Waals surface area contributed by atoms with Gasteiger partial charge in [0, 0.05) is 31.5 Å². The lowest BCUT2D eigenvalue weighted by Crippen LogP contribution is -2.33. The first-order chi connectivity index (χ1) is 7.11. The Morgan fingerprint density at radius 3 is 2.87 bits per heavy atom. The molecule has 86 valence electrons. The van der Waals surface area contributed by atoms with E-state index in [1.54, 1.807) is 0 Å². The zero-order chi connectivity index (χ0) is 10.9. The molecule has 1 N–H and O–H groups in total. The summed E-state index contributed by atoms with van der Waals surface area (Å²) in [7, 11) is 0. The molecule has 0 radical (unpaired) electrons. The van der Waals surface area contributed by atoms with Gasteiger partial charge in [-0.25, -0.2) is 0 Å². The van der Waals surface area contributed by atoms with Crippen LogP contribution in [0, 0.1) is 11.3 Å². The lowest BCUT2D eigenvalue weighted by molar-refractivity contribution is -0.131. The maximum Gasteiger partial charge on any atom is 0.222 e. The maximum atomic E-state index is 11.9. The first-order valence-electron chi connectivity index (χ1n) is 6.10. The van der Waals surface area contributed by atoms with Gasteiger partial charge < -0.3 is 10.2 Å². The van der Waals surface area contributed by atoms with E-state index in [1.165, 1.54) is 12.8 Å². The Hall–Kier alpha value is -0.570. The molecule has 0 bridgehead atoms. The van der Waals surface area contributed by atoms with Crippen LogP contribution in [0.5, 0.6) is 0 Å².